The Kier molecular flexibility index (Phi) is 3.60. The van der Waals surface area contributed by atoms with Crippen molar-refractivity contribution in [3.05, 3.63) is 54.1 Å². The highest BCUT2D eigenvalue weighted by Gasteiger charge is 2.18. The molecule has 2 aromatic rings. The summed E-state index contributed by atoms with van der Waals surface area (Å²) in [5, 5.41) is 2.91. The summed E-state index contributed by atoms with van der Waals surface area (Å²) in [6, 6.07) is 7.81. The Morgan fingerprint density at radius 1 is 1.11 bits per heavy atom. The van der Waals surface area contributed by atoms with Crippen LogP contribution in [0.3, 0.4) is 0 Å². The van der Waals surface area contributed by atoms with E-state index in [2.05, 4.69) is 36.1 Å². The summed E-state index contributed by atoms with van der Waals surface area (Å²) in [6.07, 6.45) is 4.41. The number of rotatable bonds is 2. The number of carbonyl (C=O) groups excluding carboxylic acids is 1. The highest BCUT2D eigenvalue weighted by molar-refractivity contribution is 6.04. The minimum absolute atomic E-state index is 0.0307. The second-order valence-electron chi connectivity index (χ2n) is 5.38. The van der Waals surface area contributed by atoms with Crippen LogP contribution in [0.15, 0.2) is 43.0 Å². The molecular formula is C15H17N3O. The minimum Gasteiger partial charge on any atom is -0.322 e. The summed E-state index contributed by atoms with van der Waals surface area (Å²) in [4.78, 5) is 19.8. The van der Waals surface area contributed by atoms with Gasteiger partial charge in [-0.05, 0) is 17.0 Å². The van der Waals surface area contributed by atoms with Crippen molar-refractivity contribution in [3.8, 4) is 0 Å². The molecular weight excluding hydrogens is 238 g/mol. The van der Waals surface area contributed by atoms with Gasteiger partial charge in [-0.3, -0.25) is 4.79 Å². The summed E-state index contributed by atoms with van der Waals surface area (Å²) >= 11 is 0. The summed E-state index contributed by atoms with van der Waals surface area (Å²) in [5.74, 6) is -0.197. The number of anilines is 1. The van der Waals surface area contributed by atoms with Crippen molar-refractivity contribution in [2.24, 2.45) is 0 Å². The van der Waals surface area contributed by atoms with E-state index in [-0.39, 0.29) is 11.3 Å². The molecule has 0 atom stereocenters. The smallest absolute Gasteiger partial charge is 0.258 e. The minimum atomic E-state index is -0.197. The lowest BCUT2D eigenvalue weighted by molar-refractivity contribution is 0.102. The van der Waals surface area contributed by atoms with Crippen LogP contribution < -0.4 is 5.32 Å². The highest BCUT2D eigenvalue weighted by Crippen LogP contribution is 2.29. The van der Waals surface area contributed by atoms with Crippen LogP contribution in [-0.2, 0) is 5.41 Å². The molecule has 0 spiro atoms. The maximum atomic E-state index is 12.1. The van der Waals surface area contributed by atoms with E-state index in [1.807, 2.05) is 24.3 Å². The first-order valence-corrected chi connectivity index (χ1v) is 6.14. The van der Waals surface area contributed by atoms with E-state index in [1.54, 1.807) is 0 Å². The molecule has 0 radical (unpaired) electrons. The van der Waals surface area contributed by atoms with Crippen LogP contribution in [-0.4, -0.2) is 15.9 Å². The predicted molar refractivity (Wildman–Crippen MR) is 75.1 cm³/mol. The lowest BCUT2D eigenvalue weighted by atomic mass is 9.86. The average Bonchev–Trinajstić information content (AvgIpc) is 2.39. The van der Waals surface area contributed by atoms with Gasteiger partial charge in [0.25, 0.3) is 5.91 Å². The fourth-order valence-electron chi connectivity index (χ4n) is 1.86. The number of hydrogen-bond donors (Lipinski definition) is 1. The summed E-state index contributed by atoms with van der Waals surface area (Å²) in [6.45, 7) is 6.34. The number of hydrogen-bond acceptors (Lipinski definition) is 3. The molecule has 0 aliphatic heterocycles. The van der Waals surface area contributed by atoms with Gasteiger partial charge < -0.3 is 5.32 Å². The molecule has 0 saturated carbocycles. The largest absolute Gasteiger partial charge is 0.322 e. The summed E-state index contributed by atoms with van der Waals surface area (Å²) in [7, 11) is 0. The van der Waals surface area contributed by atoms with E-state index >= 15 is 0 Å². The zero-order valence-electron chi connectivity index (χ0n) is 11.3. The number of para-hydroxylation sites is 1. The molecule has 1 heterocycles. The number of nitrogens with one attached hydrogen (secondary N) is 1. The van der Waals surface area contributed by atoms with Crippen molar-refractivity contribution < 1.29 is 4.79 Å². The molecule has 4 nitrogen and oxygen atoms in total. The molecule has 1 amide bonds. The fourth-order valence-corrected chi connectivity index (χ4v) is 1.86. The lowest BCUT2D eigenvalue weighted by Gasteiger charge is -2.22. The maximum absolute atomic E-state index is 12.1. The van der Waals surface area contributed by atoms with Crippen molar-refractivity contribution in [2.45, 2.75) is 26.2 Å². The normalized spacial score (nSPS) is 11.1. The van der Waals surface area contributed by atoms with Crippen molar-refractivity contribution in [1.29, 1.82) is 0 Å². The zero-order chi connectivity index (χ0) is 13.9. The molecule has 1 N–H and O–H groups in total. The highest BCUT2D eigenvalue weighted by atomic mass is 16.1. The Hall–Kier alpha value is -2.23. The monoisotopic (exact) mass is 255 g/mol. The van der Waals surface area contributed by atoms with Crippen LogP contribution in [0.2, 0.25) is 0 Å². The number of nitrogens with zero attached hydrogens (tertiary/aromatic N) is 2. The third kappa shape index (κ3) is 3.16. The molecule has 19 heavy (non-hydrogen) atoms. The van der Waals surface area contributed by atoms with Crippen LogP contribution in [0.1, 0.15) is 36.7 Å². The first-order valence-electron chi connectivity index (χ1n) is 6.14. The third-order valence-electron chi connectivity index (χ3n) is 2.81. The Bertz CT molecular complexity index is 573. The lowest BCUT2D eigenvalue weighted by Crippen LogP contribution is -2.18. The van der Waals surface area contributed by atoms with E-state index in [1.165, 1.54) is 18.7 Å². The molecule has 98 valence electrons. The van der Waals surface area contributed by atoms with Gasteiger partial charge in [-0.1, -0.05) is 39.0 Å². The molecule has 2 rings (SSSR count). The molecule has 0 aliphatic carbocycles. The molecule has 0 bridgehead atoms. The van der Waals surface area contributed by atoms with Crippen molar-refractivity contribution in [3.63, 3.8) is 0 Å². The van der Waals surface area contributed by atoms with E-state index in [0.717, 1.165) is 11.3 Å². The van der Waals surface area contributed by atoms with Gasteiger partial charge in [-0.25, -0.2) is 9.97 Å². The van der Waals surface area contributed by atoms with Crippen LogP contribution in [0.5, 0.6) is 0 Å². The van der Waals surface area contributed by atoms with Gasteiger partial charge in [0.1, 0.15) is 6.33 Å². The summed E-state index contributed by atoms with van der Waals surface area (Å²) < 4.78 is 0. The molecule has 1 aromatic carbocycles. The standard InChI is InChI=1S/C15H17N3O/c1-15(2,3)12-6-4-5-7-13(12)18-14(19)11-8-16-10-17-9-11/h4-10H,1-3H3,(H,18,19). The fraction of sp³-hybridized carbons (Fsp3) is 0.267. The number of carbonyl (C=O) groups is 1. The number of aromatic nitrogens is 2. The van der Waals surface area contributed by atoms with Gasteiger partial charge in [0, 0.05) is 18.1 Å². The van der Waals surface area contributed by atoms with Crippen LogP contribution in [0.4, 0.5) is 5.69 Å². The van der Waals surface area contributed by atoms with E-state index in [4.69, 9.17) is 0 Å². The van der Waals surface area contributed by atoms with E-state index < -0.39 is 0 Å². The van der Waals surface area contributed by atoms with Crippen LogP contribution in [0, 0.1) is 0 Å². The first-order chi connectivity index (χ1) is 8.98. The average molecular weight is 255 g/mol. The van der Waals surface area contributed by atoms with Gasteiger partial charge in [0.15, 0.2) is 0 Å². The van der Waals surface area contributed by atoms with Crippen molar-refractivity contribution in [1.82, 2.24) is 9.97 Å². The van der Waals surface area contributed by atoms with Crippen LogP contribution in [0.25, 0.3) is 0 Å². The maximum Gasteiger partial charge on any atom is 0.258 e. The van der Waals surface area contributed by atoms with Crippen LogP contribution >= 0.6 is 0 Å². The van der Waals surface area contributed by atoms with Crippen molar-refractivity contribution >= 4 is 11.6 Å². The van der Waals surface area contributed by atoms with Gasteiger partial charge in [-0.15, -0.1) is 0 Å². The summed E-state index contributed by atoms with van der Waals surface area (Å²) in [5.41, 5.74) is 2.34. The van der Waals surface area contributed by atoms with E-state index in [0.29, 0.717) is 5.56 Å². The van der Waals surface area contributed by atoms with Gasteiger partial charge in [-0.2, -0.15) is 0 Å². The predicted octanol–water partition coefficient (Wildman–Crippen LogP) is 3.03. The number of amides is 1. The zero-order valence-corrected chi connectivity index (χ0v) is 11.3. The second kappa shape index (κ2) is 5.18. The molecule has 0 aliphatic rings. The molecule has 0 fully saturated rings. The molecule has 0 saturated heterocycles. The first kappa shape index (κ1) is 13.2. The number of benzene rings is 1. The SMILES string of the molecule is CC(C)(C)c1ccccc1NC(=O)c1cncnc1. The Morgan fingerprint density at radius 3 is 2.37 bits per heavy atom. The second-order valence-corrected chi connectivity index (χ2v) is 5.38. The Morgan fingerprint density at radius 2 is 1.74 bits per heavy atom. The molecule has 0 unspecified atom stereocenters. The molecule has 1 aromatic heterocycles. The van der Waals surface area contributed by atoms with Gasteiger partial charge in [0.2, 0.25) is 0 Å². The van der Waals surface area contributed by atoms with Gasteiger partial charge >= 0.3 is 0 Å². The topological polar surface area (TPSA) is 54.9 Å². The Balaban J connectivity index is 2.28. The van der Waals surface area contributed by atoms with E-state index in [9.17, 15) is 4.79 Å². The quantitative estimate of drug-likeness (QED) is 0.897. The Labute approximate surface area is 112 Å². The van der Waals surface area contributed by atoms with Crippen molar-refractivity contribution in [2.75, 3.05) is 5.32 Å². The molecule has 4 heteroatoms. The van der Waals surface area contributed by atoms with Gasteiger partial charge in [0.05, 0.1) is 5.56 Å². The third-order valence-corrected chi connectivity index (χ3v) is 2.81.